The van der Waals surface area contributed by atoms with Crippen LogP contribution in [0, 0.1) is 0 Å². The van der Waals surface area contributed by atoms with Crippen LogP contribution in [-0.2, 0) is 13.0 Å². The van der Waals surface area contributed by atoms with E-state index in [-0.39, 0.29) is 5.91 Å². The Morgan fingerprint density at radius 2 is 2.00 bits per heavy atom. The van der Waals surface area contributed by atoms with Gasteiger partial charge in [0.05, 0.1) is 0 Å². The molecule has 3 rings (SSSR count). The second-order valence-corrected chi connectivity index (χ2v) is 4.72. The Morgan fingerprint density at radius 3 is 2.79 bits per heavy atom. The third-order valence-corrected chi connectivity index (χ3v) is 3.42. The van der Waals surface area contributed by atoms with Crippen molar-refractivity contribution in [2.24, 2.45) is 0 Å². The summed E-state index contributed by atoms with van der Waals surface area (Å²) in [4.78, 5) is 18.3. The highest BCUT2D eigenvalue weighted by Gasteiger charge is 2.22. The normalized spacial score (nSPS) is 14.0. The minimum Gasteiger partial charge on any atom is -0.399 e. The molecule has 0 saturated carbocycles. The zero-order valence-electron chi connectivity index (χ0n) is 10.5. The molecule has 96 valence electrons. The summed E-state index contributed by atoms with van der Waals surface area (Å²) in [6.45, 7) is 1.37. The van der Waals surface area contributed by atoms with Gasteiger partial charge in [0.2, 0.25) is 0 Å². The molecule has 1 aliphatic rings. The fourth-order valence-electron chi connectivity index (χ4n) is 2.39. The Bertz CT molecular complexity index is 624. The number of aromatic nitrogens is 1. The van der Waals surface area contributed by atoms with Gasteiger partial charge in [0, 0.05) is 25.0 Å². The molecule has 0 aliphatic carbocycles. The van der Waals surface area contributed by atoms with Gasteiger partial charge in [-0.3, -0.25) is 9.78 Å². The highest BCUT2D eigenvalue weighted by atomic mass is 16.2. The molecule has 0 atom stereocenters. The summed E-state index contributed by atoms with van der Waals surface area (Å²) < 4.78 is 0. The first-order valence-electron chi connectivity index (χ1n) is 6.31. The Morgan fingerprint density at radius 1 is 1.21 bits per heavy atom. The Kier molecular flexibility index (Phi) is 2.91. The summed E-state index contributed by atoms with van der Waals surface area (Å²) in [5.74, 6) is -0.0539. The van der Waals surface area contributed by atoms with E-state index in [1.165, 1.54) is 11.1 Å². The summed E-state index contributed by atoms with van der Waals surface area (Å²) in [6, 6.07) is 11.5. The Labute approximate surface area is 111 Å². The number of amides is 1. The van der Waals surface area contributed by atoms with Crippen LogP contribution in [0.4, 0.5) is 5.69 Å². The van der Waals surface area contributed by atoms with Crippen molar-refractivity contribution in [2.75, 3.05) is 12.3 Å². The molecule has 0 spiro atoms. The lowest BCUT2D eigenvalue weighted by atomic mass is 10.00. The van der Waals surface area contributed by atoms with Crippen molar-refractivity contribution < 1.29 is 4.79 Å². The van der Waals surface area contributed by atoms with Crippen LogP contribution in [-0.4, -0.2) is 22.3 Å². The van der Waals surface area contributed by atoms with Gasteiger partial charge in [-0.25, -0.2) is 0 Å². The molecule has 4 heteroatoms. The number of hydrogen-bond acceptors (Lipinski definition) is 3. The van der Waals surface area contributed by atoms with Gasteiger partial charge in [-0.15, -0.1) is 0 Å². The lowest BCUT2D eigenvalue weighted by molar-refractivity contribution is 0.0729. The highest BCUT2D eigenvalue weighted by Crippen LogP contribution is 2.20. The van der Waals surface area contributed by atoms with E-state index in [0.717, 1.165) is 13.0 Å². The Hall–Kier alpha value is -2.36. The SMILES string of the molecule is Nc1ccnc(C(=O)N2CCc3ccccc3C2)c1. The van der Waals surface area contributed by atoms with Gasteiger partial charge in [0.25, 0.3) is 5.91 Å². The number of nitrogen functional groups attached to an aromatic ring is 1. The third kappa shape index (κ3) is 2.29. The molecular weight excluding hydrogens is 238 g/mol. The summed E-state index contributed by atoms with van der Waals surface area (Å²) in [5, 5.41) is 0. The number of carbonyl (C=O) groups is 1. The second kappa shape index (κ2) is 4.72. The largest absolute Gasteiger partial charge is 0.399 e. The first-order chi connectivity index (χ1) is 9.24. The molecule has 0 fully saturated rings. The molecule has 4 nitrogen and oxygen atoms in total. The van der Waals surface area contributed by atoms with E-state index >= 15 is 0 Å². The highest BCUT2D eigenvalue weighted by molar-refractivity contribution is 5.93. The quantitative estimate of drug-likeness (QED) is 0.844. The molecule has 1 aromatic carbocycles. The molecule has 0 bridgehead atoms. The van der Waals surface area contributed by atoms with Crippen LogP contribution in [0.25, 0.3) is 0 Å². The van der Waals surface area contributed by atoms with Crippen LogP contribution >= 0.6 is 0 Å². The zero-order valence-corrected chi connectivity index (χ0v) is 10.5. The maximum atomic E-state index is 12.4. The van der Waals surface area contributed by atoms with Crippen LogP contribution in [0.2, 0.25) is 0 Å². The first kappa shape index (κ1) is 11.7. The predicted molar refractivity (Wildman–Crippen MR) is 73.5 cm³/mol. The monoisotopic (exact) mass is 253 g/mol. The van der Waals surface area contributed by atoms with Crippen molar-refractivity contribution >= 4 is 11.6 Å². The maximum Gasteiger partial charge on any atom is 0.272 e. The van der Waals surface area contributed by atoms with Gasteiger partial charge < -0.3 is 10.6 Å². The second-order valence-electron chi connectivity index (χ2n) is 4.72. The van der Waals surface area contributed by atoms with Crippen molar-refractivity contribution in [1.29, 1.82) is 0 Å². The number of nitrogens with two attached hydrogens (primary N) is 1. The molecule has 2 aromatic rings. The number of pyridine rings is 1. The number of rotatable bonds is 1. The van der Waals surface area contributed by atoms with E-state index in [0.29, 0.717) is 17.9 Å². The summed E-state index contributed by atoms with van der Waals surface area (Å²) >= 11 is 0. The van der Waals surface area contributed by atoms with E-state index < -0.39 is 0 Å². The van der Waals surface area contributed by atoms with Crippen molar-refractivity contribution in [1.82, 2.24) is 9.88 Å². The van der Waals surface area contributed by atoms with Gasteiger partial charge in [-0.05, 0) is 29.7 Å². The molecule has 0 saturated heterocycles. The van der Waals surface area contributed by atoms with Crippen molar-refractivity contribution in [3.05, 3.63) is 59.4 Å². The molecular formula is C15H15N3O. The lowest BCUT2D eigenvalue weighted by Gasteiger charge is -2.28. The topological polar surface area (TPSA) is 59.2 Å². The van der Waals surface area contributed by atoms with E-state index in [9.17, 15) is 4.79 Å². The summed E-state index contributed by atoms with van der Waals surface area (Å²) in [5.41, 5.74) is 9.21. The van der Waals surface area contributed by atoms with E-state index in [2.05, 4.69) is 17.1 Å². The fourth-order valence-corrected chi connectivity index (χ4v) is 2.39. The molecule has 1 aliphatic heterocycles. The number of fused-ring (bicyclic) bond motifs is 1. The minimum absolute atomic E-state index is 0.0539. The zero-order chi connectivity index (χ0) is 13.2. The Balaban J connectivity index is 1.83. The minimum atomic E-state index is -0.0539. The van der Waals surface area contributed by atoms with Crippen molar-refractivity contribution in [2.45, 2.75) is 13.0 Å². The van der Waals surface area contributed by atoms with Crippen LogP contribution in [0.5, 0.6) is 0 Å². The third-order valence-electron chi connectivity index (χ3n) is 3.42. The van der Waals surface area contributed by atoms with Gasteiger partial charge >= 0.3 is 0 Å². The average Bonchev–Trinajstić information content (AvgIpc) is 2.46. The molecule has 2 heterocycles. The first-order valence-corrected chi connectivity index (χ1v) is 6.31. The number of anilines is 1. The summed E-state index contributed by atoms with van der Waals surface area (Å²) in [6.07, 6.45) is 2.46. The van der Waals surface area contributed by atoms with Gasteiger partial charge in [0.15, 0.2) is 0 Å². The van der Waals surface area contributed by atoms with Crippen LogP contribution < -0.4 is 5.73 Å². The molecule has 0 radical (unpaired) electrons. The number of benzene rings is 1. The predicted octanol–water partition coefficient (Wildman–Crippen LogP) is 1.86. The number of nitrogens with zero attached hydrogens (tertiary/aromatic N) is 2. The van der Waals surface area contributed by atoms with E-state index in [4.69, 9.17) is 5.73 Å². The number of hydrogen-bond donors (Lipinski definition) is 1. The fraction of sp³-hybridized carbons (Fsp3) is 0.200. The molecule has 1 amide bonds. The lowest BCUT2D eigenvalue weighted by Crippen LogP contribution is -2.36. The van der Waals surface area contributed by atoms with Crippen molar-refractivity contribution in [3.8, 4) is 0 Å². The number of carbonyl (C=O) groups excluding carboxylic acids is 1. The summed E-state index contributed by atoms with van der Waals surface area (Å²) in [7, 11) is 0. The van der Waals surface area contributed by atoms with Crippen LogP contribution in [0.1, 0.15) is 21.6 Å². The van der Waals surface area contributed by atoms with Crippen LogP contribution in [0.15, 0.2) is 42.6 Å². The standard InChI is InChI=1S/C15H15N3O/c16-13-5-7-17-14(9-13)15(19)18-8-6-11-3-1-2-4-12(11)10-18/h1-5,7,9H,6,8,10H2,(H2,16,17). The van der Waals surface area contributed by atoms with Gasteiger partial charge in [0.1, 0.15) is 5.69 Å². The van der Waals surface area contributed by atoms with Crippen molar-refractivity contribution in [3.63, 3.8) is 0 Å². The molecule has 1 aromatic heterocycles. The van der Waals surface area contributed by atoms with Gasteiger partial charge in [-0.2, -0.15) is 0 Å². The van der Waals surface area contributed by atoms with Gasteiger partial charge in [-0.1, -0.05) is 24.3 Å². The molecule has 19 heavy (non-hydrogen) atoms. The molecule has 0 unspecified atom stereocenters. The smallest absolute Gasteiger partial charge is 0.272 e. The molecule has 2 N–H and O–H groups in total. The van der Waals surface area contributed by atoms with E-state index in [1.807, 2.05) is 17.0 Å². The van der Waals surface area contributed by atoms with Crippen LogP contribution in [0.3, 0.4) is 0 Å². The maximum absolute atomic E-state index is 12.4. The van der Waals surface area contributed by atoms with E-state index in [1.54, 1.807) is 18.3 Å². The average molecular weight is 253 g/mol.